The Morgan fingerprint density at radius 3 is 2.65 bits per heavy atom. The van der Waals surface area contributed by atoms with Crippen LogP contribution in [0.1, 0.15) is 19.4 Å². The van der Waals surface area contributed by atoms with Crippen LogP contribution in [0.4, 0.5) is 4.39 Å². The van der Waals surface area contributed by atoms with Crippen LogP contribution in [0.15, 0.2) is 35.1 Å². The first-order valence-corrected chi connectivity index (χ1v) is 7.01. The summed E-state index contributed by atoms with van der Waals surface area (Å²) in [5, 5.41) is 3.26. The highest BCUT2D eigenvalue weighted by molar-refractivity contribution is 9.10. The van der Waals surface area contributed by atoms with E-state index in [0.29, 0.717) is 12.6 Å². The molecule has 1 aromatic carbocycles. The van der Waals surface area contributed by atoms with Crippen molar-refractivity contribution in [3.05, 3.63) is 46.4 Å². The lowest BCUT2D eigenvalue weighted by Crippen LogP contribution is -2.21. The third-order valence-corrected chi connectivity index (χ3v) is 2.98. The lowest BCUT2D eigenvalue weighted by Gasteiger charge is -2.08. The van der Waals surface area contributed by atoms with Gasteiger partial charge in [-0.2, -0.15) is 0 Å². The number of rotatable bonds is 5. The lowest BCUT2D eigenvalue weighted by atomic mass is 10.3. The van der Waals surface area contributed by atoms with Crippen molar-refractivity contribution in [2.75, 3.05) is 0 Å². The number of benzene rings is 1. The fraction of sp³-hybridized carbons (Fsp3) is 0.286. The van der Waals surface area contributed by atoms with Crippen molar-refractivity contribution in [2.45, 2.75) is 26.4 Å². The second-order valence-electron chi connectivity index (χ2n) is 4.59. The van der Waals surface area contributed by atoms with Crippen molar-refractivity contribution in [1.82, 2.24) is 15.3 Å². The third kappa shape index (κ3) is 4.25. The van der Waals surface area contributed by atoms with E-state index in [1.54, 1.807) is 18.5 Å². The van der Waals surface area contributed by atoms with Gasteiger partial charge in [0, 0.05) is 35.0 Å². The highest BCUT2D eigenvalue weighted by Gasteiger charge is 2.07. The minimum absolute atomic E-state index is 0.0902. The second-order valence-corrected chi connectivity index (χ2v) is 5.50. The van der Waals surface area contributed by atoms with E-state index in [0.717, 1.165) is 10.0 Å². The molecule has 0 radical (unpaired) electrons. The zero-order valence-corrected chi connectivity index (χ0v) is 12.8. The smallest absolute Gasteiger partial charge is 0.321 e. The van der Waals surface area contributed by atoms with Crippen LogP contribution < -0.4 is 10.1 Å². The molecule has 0 bridgehead atoms. The van der Waals surface area contributed by atoms with Gasteiger partial charge in [-0.3, -0.25) is 0 Å². The Morgan fingerprint density at radius 2 is 2.00 bits per heavy atom. The maximum absolute atomic E-state index is 13.5. The van der Waals surface area contributed by atoms with Crippen LogP contribution >= 0.6 is 15.9 Å². The predicted molar refractivity (Wildman–Crippen MR) is 78.2 cm³/mol. The van der Waals surface area contributed by atoms with E-state index in [1.807, 2.05) is 0 Å². The maximum Gasteiger partial charge on any atom is 0.321 e. The van der Waals surface area contributed by atoms with E-state index in [9.17, 15) is 4.39 Å². The molecule has 6 heteroatoms. The monoisotopic (exact) mass is 339 g/mol. The molecule has 0 aliphatic heterocycles. The number of nitrogens with zero attached hydrogens (tertiary/aromatic N) is 2. The summed E-state index contributed by atoms with van der Waals surface area (Å²) in [6.45, 7) is 4.81. The van der Waals surface area contributed by atoms with Gasteiger partial charge < -0.3 is 10.1 Å². The van der Waals surface area contributed by atoms with E-state index in [-0.39, 0.29) is 11.8 Å². The minimum atomic E-state index is -0.456. The molecular weight excluding hydrogens is 325 g/mol. The van der Waals surface area contributed by atoms with Gasteiger partial charge in [-0.05, 0) is 18.2 Å². The topological polar surface area (TPSA) is 47.0 Å². The molecule has 106 valence electrons. The summed E-state index contributed by atoms with van der Waals surface area (Å²) in [6.07, 6.45) is 3.32. The van der Waals surface area contributed by atoms with E-state index < -0.39 is 5.82 Å². The fourth-order valence-electron chi connectivity index (χ4n) is 1.46. The van der Waals surface area contributed by atoms with Crippen LogP contribution in [0.25, 0.3) is 0 Å². The van der Waals surface area contributed by atoms with E-state index in [1.165, 1.54) is 12.1 Å². The van der Waals surface area contributed by atoms with Gasteiger partial charge in [0.05, 0.1) is 0 Å². The number of hydrogen-bond donors (Lipinski definition) is 1. The number of ether oxygens (including phenoxy) is 1. The quantitative estimate of drug-likeness (QED) is 0.902. The zero-order valence-electron chi connectivity index (χ0n) is 11.2. The van der Waals surface area contributed by atoms with Gasteiger partial charge >= 0.3 is 6.01 Å². The van der Waals surface area contributed by atoms with Crippen molar-refractivity contribution < 1.29 is 9.13 Å². The van der Waals surface area contributed by atoms with E-state index >= 15 is 0 Å². The van der Waals surface area contributed by atoms with Gasteiger partial charge in [-0.25, -0.2) is 14.4 Å². The highest BCUT2D eigenvalue weighted by Crippen LogP contribution is 2.25. The fourth-order valence-corrected chi connectivity index (χ4v) is 1.80. The van der Waals surface area contributed by atoms with Gasteiger partial charge in [-0.1, -0.05) is 29.8 Å². The third-order valence-electron chi connectivity index (χ3n) is 2.49. The maximum atomic E-state index is 13.5. The van der Waals surface area contributed by atoms with Crippen molar-refractivity contribution >= 4 is 15.9 Å². The summed E-state index contributed by atoms with van der Waals surface area (Å²) in [5.41, 5.74) is 0.945. The summed E-state index contributed by atoms with van der Waals surface area (Å²) in [6, 6.07) is 4.97. The van der Waals surface area contributed by atoms with Crippen molar-refractivity contribution in [3.63, 3.8) is 0 Å². The zero-order chi connectivity index (χ0) is 14.5. The molecule has 0 amide bonds. The van der Waals surface area contributed by atoms with Crippen LogP contribution in [-0.2, 0) is 6.54 Å². The van der Waals surface area contributed by atoms with Gasteiger partial charge in [-0.15, -0.1) is 0 Å². The lowest BCUT2D eigenvalue weighted by molar-refractivity contribution is 0.410. The van der Waals surface area contributed by atoms with Gasteiger partial charge in [0.2, 0.25) is 0 Å². The SMILES string of the molecule is CC(C)NCc1cnc(Oc2cc(Br)ccc2F)nc1. The van der Waals surface area contributed by atoms with Gasteiger partial charge in [0.1, 0.15) is 0 Å². The number of halogens is 2. The molecule has 2 aromatic rings. The standard InChI is InChI=1S/C14H15BrFN3O/c1-9(2)17-6-10-7-18-14(19-8-10)20-13-5-11(15)3-4-12(13)16/h3-5,7-9,17H,6H2,1-2H3. The summed E-state index contributed by atoms with van der Waals surface area (Å²) in [5.74, 6) is -0.366. The van der Waals surface area contributed by atoms with Gasteiger partial charge in [0.25, 0.3) is 0 Å². The summed E-state index contributed by atoms with van der Waals surface area (Å²) in [7, 11) is 0. The number of aromatic nitrogens is 2. The second kappa shape index (κ2) is 6.76. The van der Waals surface area contributed by atoms with Crippen LogP contribution in [0, 0.1) is 5.82 Å². The van der Waals surface area contributed by atoms with Crippen molar-refractivity contribution in [1.29, 1.82) is 0 Å². The molecule has 0 saturated heterocycles. The van der Waals surface area contributed by atoms with Gasteiger partial charge in [0.15, 0.2) is 11.6 Å². The van der Waals surface area contributed by atoms with E-state index in [2.05, 4.69) is 45.1 Å². The molecule has 0 aliphatic rings. The normalized spacial score (nSPS) is 10.8. The molecule has 20 heavy (non-hydrogen) atoms. The Balaban J connectivity index is 2.05. The van der Waals surface area contributed by atoms with Crippen LogP contribution in [0.5, 0.6) is 11.8 Å². The highest BCUT2D eigenvalue weighted by atomic mass is 79.9. The number of nitrogens with one attached hydrogen (secondary N) is 1. The summed E-state index contributed by atoms with van der Waals surface area (Å²) < 4.78 is 19.6. The molecule has 0 saturated carbocycles. The molecule has 1 aromatic heterocycles. The average Bonchev–Trinajstić information content (AvgIpc) is 2.42. The molecule has 1 N–H and O–H groups in total. The van der Waals surface area contributed by atoms with Crippen LogP contribution in [0.2, 0.25) is 0 Å². The van der Waals surface area contributed by atoms with Crippen LogP contribution in [-0.4, -0.2) is 16.0 Å². The molecule has 0 spiro atoms. The molecule has 0 atom stereocenters. The largest absolute Gasteiger partial charge is 0.421 e. The molecule has 1 heterocycles. The van der Waals surface area contributed by atoms with Crippen molar-refractivity contribution in [2.24, 2.45) is 0 Å². The Bertz CT molecular complexity index is 575. The molecular formula is C14H15BrFN3O. The van der Waals surface area contributed by atoms with E-state index in [4.69, 9.17) is 4.74 Å². The Hall–Kier alpha value is -1.53. The first-order chi connectivity index (χ1) is 9.54. The summed E-state index contributed by atoms with van der Waals surface area (Å²) in [4.78, 5) is 8.13. The average molecular weight is 340 g/mol. The Kier molecular flexibility index (Phi) is 5.03. The summed E-state index contributed by atoms with van der Waals surface area (Å²) >= 11 is 3.26. The molecule has 0 fully saturated rings. The first kappa shape index (κ1) is 14.9. The molecule has 4 nitrogen and oxygen atoms in total. The number of hydrogen-bond acceptors (Lipinski definition) is 4. The molecule has 0 unspecified atom stereocenters. The predicted octanol–water partition coefficient (Wildman–Crippen LogP) is 3.67. The first-order valence-electron chi connectivity index (χ1n) is 6.22. The van der Waals surface area contributed by atoms with Crippen LogP contribution in [0.3, 0.4) is 0 Å². The minimum Gasteiger partial charge on any atom is -0.421 e. The Labute approximate surface area is 125 Å². The van der Waals surface area contributed by atoms with Crippen molar-refractivity contribution in [3.8, 4) is 11.8 Å². The molecule has 2 rings (SSSR count). The molecule has 0 aliphatic carbocycles. The Morgan fingerprint density at radius 1 is 1.30 bits per heavy atom.